The monoisotopic (exact) mass is 256 g/mol. The molecule has 0 amide bonds. The van der Waals surface area contributed by atoms with Gasteiger partial charge < -0.3 is 10.4 Å². The van der Waals surface area contributed by atoms with Crippen LogP contribution in [0.15, 0.2) is 6.20 Å². The molecule has 98 valence electrons. The van der Waals surface area contributed by atoms with Crippen LogP contribution in [-0.4, -0.2) is 22.7 Å². The summed E-state index contributed by atoms with van der Waals surface area (Å²) < 4.78 is 0. The number of hydrogen-bond acceptors (Lipinski definition) is 4. The molecule has 2 N–H and O–H groups in total. The molecule has 0 aromatic carbocycles. The van der Waals surface area contributed by atoms with Gasteiger partial charge >= 0.3 is 0 Å². The van der Waals surface area contributed by atoms with Gasteiger partial charge in [-0.15, -0.1) is 11.3 Å². The molecule has 3 nitrogen and oxygen atoms in total. The van der Waals surface area contributed by atoms with Crippen molar-refractivity contribution in [3.8, 4) is 0 Å². The van der Waals surface area contributed by atoms with Gasteiger partial charge in [-0.2, -0.15) is 0 Å². The van der Waals surface area contributed by atoms with Crippen LogP contribution in [0.1, 0.15) is 44.5 Å². The lowest BCUT2D eigenvalue weighted by Gasteiger charge is -2.15. The fourth-order valence-corrected chi connectivity index (χ4v) is 2.25. The minimum Gasteiger partial charge on any atom is -0.392 e. The highest BCUT2D eigenvalue weighted by atomic mass is 32.1. The smallest absolute Gasteiger partial charge is 0.0981 e. The number of rotatable bonds is 5. The van der Waals surface area contributed by atoms with E-state index >= 15 is 0 Å². The van der Waals surface area contributed by atoms with Gasteiger partial charge in [0.2, 0.25) is 0 Å². The summed E-state index contributed by atoms with van der Waals surface area (Å²) in [6.45, 7) is 12.0. The fraction of sp³-hybridized carbons (Fsp3) is 0.769. The lowest BCUT2D eigenvalue weighted by Crippen LogP contribution is -2.29. The topological polar surface area (TPSA) is 45.1 Å². The quantitative estimate of drug-likeness (QED) is 0.851. The first-order valence-corrected chi connectivity index (χ1v) is 6.96. The summed E-state index contributed by atoms with van der Waals surface area (Å²) in [5.74, 6) is 0.300. The van der Waals surface area contributed by atoms with Crippen molar-refractivity contribution in [3.63, 3.8) is 0 Å². The molecule has 1 heterocycles. The molecule has 4 heteroatoms. The van der Waals surface area contributed by atoms with Crippen molar-refractivity contribution in [2.75, 3.05) is 6.54 Å². The van der Waals surface area contributed by atoms with E-state index in [1.165, 1.54) is 9.88 Å². The second-order valence-corrected chi connectivity index (χ2v) is 6.94. The summed E-state index contributed by atoms with van der Waals surface area (Å²) in [7, 11) is 0. The zero-order chi connectivity index (χ0) is 13.1. The Morgan fingerprint density at radius 1 is 1.41 bits per heavy atom. The molecule has 17 heavy (non-hydrogen) atoms. The molecule has 1 unspecified atom stereocenters. The Bertz CT molecular complexity index is 341. The predicted octanol–water partition coefficient (Wildman–Crippen LogP) is 2.55. The predicted molar refractivity (Wildman–Crippen MR) is 73.4 cm³/mol. The summed E-state index contributed by atoms with van der Waals surface area (Å²) >= 11 is 1.74. The van der Waals surface area contributed by atoms with Gasteiger partial charge in [0.25, 0.3) is 0 Å². The lowest BCUT2D eigenvalue weighted by molar-refractivity contribution is 0.123. The van der Waals surface area contributed by atoms with E-state index in [1.54, 1.807) is 11.3 Å². The van der Waals surface area contributed by atoms with Gasteiger partial charge in [-0.25, -0.2) is 4.98 Å². The van der Waals surface area contributed by atoms with E-state index in [9.17, 15) is 5.11 Å². The van der Waals surface area contributed by atoms with Gasteiger partial charge in [-0.3, -0.25) is 0 Å². The summed E-state index contributed by atoms with van der Waals surface area (Å²) in [5, 5.41) is 14.1. The molecule has 0 radical (unpaired) electrons. The SMILES string of the molecule is CC(C)C(O)CNCc1cnc(C(C)(C)C)s1. The maximum absolute atomic E-state index is 9.66. The fourth-order valence-electron chi connectivity index (χ4n) is 1.31. The molecule has 0 aliphatic carbocycles. The van der Waals surface area contributed by atoms with E-state index < -0.39 is 0 Å². The van der Waals surface area contributed by atoms with E-state index in [1.807, 2.05) is 20.0 Å². The van der Waals surface area contributed by atoms with Gasteiger partial charge in [0.05, 0.1) is 11.1 Å². The van der Waals surface area contributed by atoms with Crippen molar-refractivity contribution in [2.24, 2.45) is 5.92 Å². The molecule has 1 aromatic rings. The van der Waals surface area contributed by atoms with Gasteiger partial charge in [-0.1, -0.05) is 34.6 Å². The summed E-state index contributed by atoms with van der Waals surface area (Å²) in [6.07, 6.45) is 1.66. The second kappa shape index (κ2) is 5.94. The summed E-state index contributed by atoms with van der Waals surface area (Å²) in [6, 6.07) is 0. The summed E-state index contributed by atoms with van der Waals surface area (Å²) in [4.78, 5) is 5.66. The molecule has 1 aromatic heterocycles. The molecule has 0 fully saturated rings. The van der Waals surface area contributed by atoms with Gasteiger partial charge in [0.1, 0.15) is 0 Å². The van der Waals surface area contributed by atoms with E-state index in [2.05, 4.69) is 31.1 Å². The highest BCUT2D eigenvalue weighted by Gasteiger charge is 2.17. The maximum atomic E-state index is 9.66. The van der Waals surface area contributed by atoms with Crippen LogP contribution in [0.4, 0.5) is 0 Å². The van der Waals surface area contributed by atoms with E-state index in [0.29, 0.717) is 12.5 Å². The van der Waals surface area contributed by atoms with Crippen LogP contribution in [0.5, 0.6) is 0 Å². The zero-order valence-electron chi connectivity index (χ0n) is 11.4. The van der Waals surface area contributed by atoms with Crippen LogP contribution in [0, 0.1) is 5.92 Å². The van der Waals surface area contributed by atoms with Gasteiger partial charge in [0.15, 0.2) is 0 Å². The number of hydrogen-bond donors (Lipinski definition) is 2. The van der Waals surface area contributed by atoms with Crippen molar-refractivity contribution in [1.82, 2.24) is 10.3 Å². The molecule has 1 atom stereocenters. The van der Waals surface area contributed by atoms with Crippen LogP contribution >= 0.6 is 11.3 Å². The summed E-state index contributed by atoms with van der Waals surface area (Å²) in [5.41, 5.74) is 0.125. The molecule has 0 spiro atoms. The molecular formula is C13H24N2OS. The molecule has 1 rings (SSSR count). The van der Waals surface area contributed by atoms with Crippen LogP contribution in [-0.2, 0) is 12.0 Å². The Morgan fingerprint density at radius 3 is 2.53 bits per heavy atom. The third kappa shape index (κ3) is 4.74. The minimum atomic E-state index is -0.273. The average Bonchev–Trinajstić information content (AvgIpc) is 2.65. The van der Waals surface area contributed by atoms with E-state index in [0.717, 1.165) is 6.54 Å². The van der Waals surface area contributed by atoms with Crippen molar-refractivity contribution in [2.45, 2.75) is 52.7 Å². The normalized spacial score (nSPS) is 14.3. The minimum absolute atomic E-state index is 0.125. The van der Waals surface area contributed by atoms with Crippen LogP contribution < -0.4 is 5.32 Å². The van der Waals surface area contributed by atoms with Crippen molar-refractivity contribution in [3.05, 3.63) is 16.1 Å². The lowest BCUT2D eigenvalue weighted by atomic mass is 9.98. The average molecular weight is 256 g/mol. The number of aliphatic hydroxyl groups is 1. The van der Waals surface area contributed by atoms with Crippen LogP contribution in [0.3, 0.4) is 0 Å². The number of aliphatic hydroxyl groups excluding tert-OH is 1. The number of nitrogens with one attached hydrogen (secondary N) is 1. The molecule has 0 bridgehead atoms. The molecular weight excluding hydrogens is 232 g/mol. The highest BCUT2D eigenvalue weighted by Crippen LogP contribution is 2.26. The third-order valence-corrected chi connectivity index (χ3v) is 4.04. The number of aromatic nitrogens is 1. The molecule has 0 aliphatic rings. The largest absolute Gasteiger partial charge is 0.392 e. The van der Waals surface area contributed by atoms with E-state index in [-0.39, 0.29) is 11.5 Å². The van der Waals surface area contributed by atoms with Crippen LogP contribution in [0.25, 0.3) is 0 Å². The van der Waals surface area contributed by atoms with E-state index in [4.69, 9.17) is 0 Å². The number of nitrogens with zero attached hydrogens (tertiary/aromatic N) is 1. The Labute approximate surface area is 108 Å². The molecule has 0 saturated carbocycles. The van der Waals surface area contributed by atoms with Crippen molar-refractivity contribution < 1.29 is 5.11 Å². The molecule has 0 saturated heterocycles. The second-order valence-electron chi connectivity index (χ2n) is 5.82. The highest BCUT2D eigenvalue weighted by molar-refractivity contribution is 7.11. The Morgan fingerprint density at radius 2 is 2.06 bits per heavy atom. The number of thiazole rings is 1. The molecule has 0 aliphatic heterocycles. The van der Waals surface area contributed by atoms with Crippen molar-refractivity contribution in [1.29, 1.82) is 0 Å². The first kappa shape index (κ1) is 14.6. The standard InChI is InChI=1S/C13H24N2OS/c1-9(2)11(16)8-14-6-10-7-15-12(17-10)13(3,4)5/h7,9,11,14,16H,6,8H2,1-5H3. The van der Waals surface area contributed by atoms with Crippen molar-refractivity contribution >= 4 is 11.3 Å². The first-order valence-electron chi connectivity index (χ1n) is 6.14. The zero-order valence-corrected chi connectivity index (χ0v) is 12.3. The Hall–Kier alpha value is -0.450. The van der Waals surface area contributed by atoms with Gasteiger partial charge in [0, 0.05) is 29.6 Å². The van der Waals surface area contributed by atoms with Gasteiger partial charge in [-0.05, 0) is 5.92 Å². The Balaban J connectivity index is 2.41. The Kier molecular flexibility index (Phi) is 5.10. The maximum Gasteiger partial charge on any atom is 0.0981 e. The first-order chi connectivity index (χ1) is 7.80. The third-order valence-electron chi connectivity index (χ3n) is 2.62. The van der Waals surface area contributed by atoms with Crippen LogP contribution in [0.2, 0.25) is 0 Å².